The third kappa shape index (κ3) is 1.81. The first-order valence-electron chi connectivity index (χ1n) is 6.84. The van der Waals surface area contributed by atoms with Gasteiger partial charge in [-0.3, -0.25) is 4.98 Å². The second kappa shape index (κ2) is 4.77. The van der Waals surface area contributed by atoms with Crippen LogP contribution in [0.5, 0.6) is 5.75 Å². The van der Waals surface area contributed by atoms with Gasteiger partial charge in [0.05, 0.1) is 19.6 Å². The quantitative estimate of drug-likeness (QED) is 0.568. The number of imidazole rings is 1. The fourth-order valence-corrected chi connectivity index (χ4v) is 2.56. The minimum absolute atomic E-state index is 0.650. The molecule has 3 aromatic heterocycles. The molecule has 22 heavy (non-hydrogen) atoms. The van der Waals surface area contributed by atoms with Crippen LogP contribution in [-0.2, 0) is 7.05 Å². The number of aromatic nitrogens is 5. The van der Waals surface area contributed by atoms with Crippen molar-refractivity contribution >= 4 is 22.1 Å². The van der Waals surface area contributed by atoms with Gasteiger partial charge in [0.15, 0.2) is 11.5 Å². The zero-order valence-corrected chi connectivity index (χ0v) is 12.2. The van der Waals surface area contributed by atoms with Gasteiger partial charge >= 0.3 is 0 Å². The van der Waals surface area contributed by atoms with Crippen LogP contribution in [0.2, 0.25) is 0 Å². The molecule has 0 aliphatic rings. The van der Waals surface area contributed by atoms with E-state index in [1.54, 1.807) is 25.8 Å². The molecule has 0 saturated carbocycles. The van der Waals surface area contributed by atoms with Crippen molar-refractivity contribution in [3.8, 4) is 17.1 Å². The lowest BCUT2D eigenvalue weighted by atomic mass is 10.1. The summed E-state index contributed by atoms with van der Waals surface area (Å²) in [7, 11) is 3.56. The summed E-state index contributed by atoms with van der Waals surface area (Å²) < 4.78 is 7.26. The SMILES string of the molecule is COc1ccc(-c2ncc3ncn(C)c3n2)c2cccnc12. The molecule has 0 aliphatic heterocycles. The fourth-order valence-electron chi connectivity index (χ4n) is 2.56. The Hall–Kier alpha value is -3.02. The Morgan fingerprint density at radius 3 is 2.86 bits per heavy atom. The van der Waals surface area contributed by atoms with Crippen molar-refractivity contribution in [2.75, 3.05) is 7.11 Å². The minimum Gasteiger partial charge on any atom is -0.494 e. The second-order valence-electron chi connectivity index (χ2n) is 4.97. The number of methoxy groups -OCH3 is 1. The zero-order valence-electron chi connectivity index (χ0n) is 12.2. The first-order valence-corrected chi connectivity index (χ1v) is 6.84. The highest BCUT2D eigenvalue weighted by Crippen LogP contribution is 2.31. The number of fused-ring (bicyclic) bond motifs is 2. The van der Waals surface area contributed by atoms with Crippen LogP contribution >= 0.6 is 0 Å². The van der Waals surface area contributed by atoms with E-state index in [2.05, 4.69) is 19.9 Å². The summed E-state index contributed by atoms with van der Waals surface area (Å²) in [5.74, 6) is 1.39. The molecule has 0 amide bonds. The highest BCUT2D eigenvalue weighted by Gasteiger charge is 2.12. The third-order valence-corrected chi connectivity index (χ3v) is 3.65. The van der Waals surface area contributed by atoms with E-state index in [1.807, 2.05) is 35.9 Å². The third-order valence-electron chi connectivity index (χ3n) is 3.65. The van der Waals surface area contributed by atoms with E-state index in [-0.39, 0.29) is 0 Å². The number of hydrogen-bond donors (Lipinski definition) is 0. The van der Waals surface area contributed by atoms with Crippen molar-refractivity contribution < 1.29 is 4.74 Å². The normalized spacial score (nSPS) is 11.2. The molecule has 0 bridgehead atoms. The molecular weight excluding hydrogens is 278 g/mol. The van der Waals surface area contributed by atoms with Crippen molar-refractivity contribution in [2.24, 2.45) is 7.05 Å². The van der Waals surface area contributed by atoms with E-state index < -0.39 is 0 Å². The number of rotatable bonds is 2. The molecule has 0 aliphatic carbocycles. The van der Waals surface area contributed by atoms with Crippen LogP contribution in [0, 0.1) is 0 Å². The van der Waals surface area contributed by atoms with Crippen molar-refractivity contribution in [3.63, 3.8) is 0 Å². The van der Waals surface area contributed by atoms with E-state index >= 15 is 0 Å². The Kier molecular flexibility index (Phi) is 2.75. The van der Waals surface area contributed by atoms with Gasteiger partial charge in [0.25, 0.3) is 0 Å². The van der Waals surface area contributed by atoms with Gasteiger partial charge < -0.3 is 9.30 Å². The molecule has 6 nitrogen and oxygen atoms in total. The molecule has 0 radical (unpaired) electrons. The molecule has 108 valence electrons. The van der Waals surface area contributed by atoms with Crippen LogP contribution in [0.25, 0.3) is 33.5 Å². The van der Waals surface area contributed by atoms with E-state index in [0.29, 0.717) is 5.82 Å². The number of hydrogen-bond acceptors (Lipinski definition) is 5. The molecule has 0 unspecified atom stereocenters. The van der Waals surface area contributed by atoms with Crippen molar-refractivity contribution in [3.05, 3.63) is 43.0 Å². The number of ether oxygens (including phenoxy) is 1. The van der Waals surface area contributed by atoms with Crippen molar-refractivity contribution in [1.82, 2.24) is 24.5 Å². The first-order chi connectivity index (χ1) is 10.8. The first kappa shape index (κ1) is 12.7. The summed E-state index contributed by atoms with van der Waals surface area (Å²) in [6.07, 6.45) is 5.22. The maximum absolute atomic E-state index is 5.38. The molecule has 4 rings (SSSR count). The maximum atomic E-state index is 5.38. The van der Waals surface area contributed by atoms with Crippen molar-refractivity contribution in [1.29, 1.82) is 0 Å². The summed E-state index contributed by atoms with van der Waals surface area (Å²) in [5.41, 5.74) is 3.31. The largest absolute Gasteiger partial charge is 0.494 e. The topological polar surface area (TPSA) is 65.7 Å². The van der Waals surface area contributed by atoms with Gasteiger partial charge in [-0.25, -0.2) is 15.0 Å². The van der Waals surface area contributed by atoms with E-state index in [4.69, 9.17) is 4.74 Å². The number of aryl methyl sites for hydroxylation is 1. The predicted molar refractivity (Wildman–Crippen MR) is 83.6 cm³/mol. The molecule has 4 aromatic rings. The summed E-state index contributed by atoms with van der Waals surface area (Å²) in [6, 6.07) is 7.74. The number of benzene rings is 1. The molecule has 0 N–H and O–H groups in total. The Morgan fingerprint density at radius 2 is 2.00 bits per heavy atom. The molecule has 1 aromatic carbocycles. The van der Waals surface area contributed by atoms with E-state index in [1.165, 1.54) is 0 Å². The lowest BCUT2D eigenvalue weighted by Crippen LogP contribution is -1.95. The van der Waals surface area contributed by atoms with Crippen LogP contribution < -0.4 is 4.74 Å². The molecule has 3 heterocycles. The van der Waals surface area contributed by atoms with Crippen LogP contribution in [0.3, 0.4) is 0 Å². The summed E-state index contributed by atoms with van der Waals surface area (Å²) in [5, 5.41) is 0.961. The average Bonchev–Trinajstić information content (AvgIpc) is 2.94. The number of nitrogens with zero attached hydrogens (tertiary/aromatic N) is 5. The molecular formula is C16H13N5O. The monoisotopic (exact) mass is 291 g/mol. The molecule has 0 atom stereocenters. The van der Waals surface area contributed by atoms with Gasteiger partial charge in [0, 0.05) is 24.2 Å². The number of pyridine rings is 1. The summed E-state index contributed by atoms with van der Waals surface area (Å²) in [6.45, 7) is 0. The Labute approximate surface area is 126 Å². The van der Waals surface area contributed by atoms with Gasteiger partial charge in [-0.2, -0.15) is 0 Å². The lowest BCUT2D eigenvalue weighted by molar-refractivity contribution is 0.419. The van der Waals surface area contributed by atoms with Crippen LogP contribution in [0.15, 0.2) is 43.0 Å². The van der Waals surface area contributed by atoms with Gasteiger partial charge in [-0.15, -0.1) is 0 Å². The zero-order chi connectivity index (χ0) is 15.1. The highest BCUT2D eigenvalue weighted by atomic mass is 16.5. The van der Waals surface area contributed by atoms with E-state index in [0.717, 1.165) is 33.4 Å². The van der Waals surface area contributed by atoms with Gasteiger partial charge in [0.2, 0.25) is 0 Å². The minimum atomic E-state index is 0.650. The highest BCUT2D eigenvalue weighted by molar-refractivity contribution is 5.96. The Balaban J connectivity index is 2.01. The standard InChI is InChI=1S/C16H13N5O/c1-21-9-19-12-8-18-15(20-16(12)21)11-5-6-13(22-2)14-10(11)4-3-7-17-14/h3-9H,1-2H3. The van der Waals surface area contributed by atoms with E-state index in [9.17, 15) is 0 Å². The molecule has 0 saturated heterocycles. The second-order valence-corrected chi connectivity index (χ2v) is 4.97. The van der Waals surface area contributed by atoms with Crippen LogP contribution in [0.1, 0.15) is 0 Å². The maximum Gasteiger partial charge on any atom is 0.163 e. The summed E-state index contributed by atoms with van der Waals surface area (Å²) >= 11 is 0. The van der Waals surface area contributed by atoms with Crippen LogP contribution in [-0.4, -0.2) is 31.6 Å². The fraction of sp³-hybridized carbons (Fsp3) is 0.125. The van der Waals surface area contributed by atoms with Gasteiger partial charge in [0.1, 0.15) is 16.8 Å². The molecule has 0 spiro atoms. The smallest absolute Gasteiger partial charge is 0.163 e. The molecule has 0 fully saturated rings. The van der Waals surface area contributed by atoms with Gasteiger partial charge in [-0.1, -0.05) is 6.07 Å². The molecule has 6 heteroatoms. The lowest BCUT2D eigenvalue weighted by Gasteiger charge is -2.08. The Bertz CT molecular complexity index is 992. The van der Waals surface area contributed by atoms with Crippen molar-refractivity contribution in [2.45, 2.75) is 0 Å². The average molecular weight is 291 g/mol. The summed E-state index contributed by atoms with van der Waals surface area (Å²) in [4.78, 5) is 17.7. The van der Waals surface area contributed by atoms with Crippen LogP contribution in [0.4, 0.5) is 0 Å². The Morgan fingerprint density at radius 1 is 1.09 bits per heavy atom. The van der Waals surface area contributed by atoms with Gasteiger partial charge in [-0.05, 0) is 18.2 Å². The predicted octanol–water partition coefficient (Wildman–Crippen LogP) is 2.59.